The second-order valence-electron chi connectivity index (χ2n) is 7.53. The van der Waals surface area contributed by atoms with Crippen LogP contribution in [0.2, 0.25) is 0 Å². The summed E-state index contributed by atoms with van der Waals surface area (Å²) >= 11 is 0. The van der Waals surface area contributed by atoms with Gasteiger partial charge >= 0.3 is 0 Å². The Labute approximate surface area is 168 Å². The zero-order chi connectivity index (χ0) is 20.5. The van der Waals surface area contributed by atoms with Crippen molar-refractivity contribution in [3.63, 3.8) is 0 Å². The number of likely N-dealkylation sites (N-methyl/N-ethyl adjacent to an activating group) is 1. The maximum Gasteiger partial charge on any atom is 0.278 e. The Morgan fingerprint density at radius 2 is 2.21 bits per heavy atom. The van der Waals surface area contributed by atoms with Crippen molar-refractivity contribution in [1.29, 1.82) is 0 Å². The first-order valence-corrected chi connectivity index (χ1v) is 9.68. The van der Waals surface area contributed by atoms with E-state index in [9.17, 15) is 4.79 Å². The number of fused-ring (bicyclic) bond motifs is 1. The highest BCUT2D eigenvalue weighted by Gasteiger charge is 2.26. The molecule has 154 valence electrons. The number of hydrogen-bond donors (Lipinski definition) is 0. The lowest BCUT2D eigenvalue weighted by Gasteiger charge is -2.16. The summed E-state index contributed by atoms with van der Waals surface area (Å²) in [6.45, 7) is 5.84. The molecule has 0 bridgehead atoms. The fourth-order valence-electron chi connectivity index (χ4n) is 3.40. The number of rotatable bonds is 6. The smallest absolute Gasteiger partial charge is 0.278 e. The Morgan fingerprint density at radius 1 is 1.38 bits per heavy atom. The van der Waals surface area contributed by atoms with Crippen LogP contribution >= 0.6 is 0 Å². The SMILES string of the molecule is CC(C)n1nc(-c2nc(CCN(C)C(=O)c3cn(C)cn3)no2)c2c1CCOC2. The van der Waals surface area contributed by atoms with Crippen LogP contribution in [0.5, 0.6) is 0 Å². The van der Waals surface area contributed by atoms with Gasteiger partial charge in [0.1, 0.15) is 5.69 Å². The van der Waals surface area contributed by atoms with Gasteiger partial charge in [-0.1, -0.05) is 5.16 Å². The van der Waals surface area contributed by atoms with Crippen molar-refractivity contribution >= 4 is 5.91 Å². The molecular formula is C19H25N7O3. The second kappa shape index (κ2) is 7.78. The average molecular weight is 399 g/mol. The van der Waals surface area contributed by atoms with Crippen molar-refractivity contribution in [2.24, 2.45) is 7.05 Å². The van der Waals surface area contributed by atoms with Gasteiger partial charge in [-0.2, -0.15) is 10.1 Å². The van der Waals surface area contributed by atoms with E-state index in [-0.39, 0.29) is 11.9 Å². The summed E-state index contributed by atoms with van der Waals surface area (Å²) < 4.78 is 14.8. The van der Waals surface area contributed by atoms with Crippen molar-refractivity contribution in [2.45, 2.75) is 39.3 Å². The van der Waals surface area contributed by atoms with Gasteiger partial charge in [-0.25, -0.2) is 4.98 Å². The Bertz CT molecular complexity index is 1020. The first-order valence-electron chi connectivity index (χ1n) is 9.68. The van der Waals surface area contributed by atoms with Crippen LogP contribution < -0.4 is 0 Å². The standard InChI is InChI=1S/C19H25N7O3/c1-12(2)26-15-6-8-28-10-13(15)17(22-26)18-21-16(23-29-18)5-7-25(4)19(27)14-9-24(3)11-20-14/h9,11-12H,5-8,10H2,1-4H3. The van der Waals surface area contributed by atoms with Gasteiger partial charge in [0, 0.05) is 57.0 Å². The van der Waals surface area contributed by atoms with E-state index in [1.807, 2.05) is 11.7 Å². The lowest BCUT2D eigenvalue weighted by atomic mass is 10.1. The van der Waals surface area contributed by atoms with E-state index in [4.69, 9.17) is 14.4 Å². The van der Waals surface area contributed by atoms with Crippen molar-refractivity contribution in [3.8, 4) is 11.6 Å². The summed E-state index contributed by atoms with van der Waals surface area (Å²) in [6, 6.07) is 0.240. The zero-order valence-corrected chi connectivity index (χ0v) is 17.1. The van der Waals surface area contributed by atoms with Crippen LogP contribution in [-0.2, 0) is 31.2 Å². The molecule has 1 aliphatic rings. The van der Waals surface area contributed by atoms with Gasteiger partial charge in [-0.3, -0.25) is 9.48 Å². The number of carbonyl (C=O) groups excluding carboxylic acids is 1. The number of carbonyl (C=O) groups is 1. The van der Waals surface area contributed by atoms with Gasteiger partial charge in [0.15, 0.2) is 11.5 Å². The predicted molar refractivity (Wildman–Crippen MR) is 103 cm³/mol. The Balaban J connectivity index is 1.47. The Hall–Kier alpha value is -3.01. The van der Waals surface area contributed by atoms with Gasteiger partial charge < -0.3 is 18.7 Å². The maximum absolute atomic E-state index is 12.4. The van der Waals surface area contributed by atoms with Gasteiger partial charge in [0.25, 0.3) is 11.8 Å². The third kappa shape index (κ3) is 3.80. The summed E-state index contributed by atoms with van der Waals surface area (Å²) in [5, 5.41) is 8.78. The van der Waals surface area contributed by atoms with E-state index < -0.39 is 0 Å². The molecule has 4 heterocycles. The minimum atomic E-state index is -0.142. The molecule has 10 nitrogen and oxygen atoms in total. The summed E-state index contributed by atoms with van der Waals surface area (Å²) in [6.07, 6.45) is 4.60. The second-order valence-corrected chi connectivity index (χ2v) is 7.53. The fourth-order valence-corrected chi connectivity index (χ4v) is 3.40. The van der Waals surface area contributed by atoms with E-state index in [1.54, 1.807) is 29.0 Å². The minimum Gasteiger partial charge on any atom is -0.376 e. The van der Waals surface area contributed by atoms with Gasteiger partial charge in [0.2, 0.25) is 0 Å². The van der Waals surface area contributed by atoms with Crippen molar-refractivity contribution in [3.05, 3.63) is 35.3 Å². The summed E-state index contributed by atoms with van der Waals surface area (Å²) in [4.78, 5) is 22.6. The van der Waals surface area contributed by atoms with Crippen LogP contribution in [0.4, 0.5) is 0 Å². The molecule has 3 aromatic rings. The highest BCUT2D eigenvalue weighted by atomic mass is 16.5. The molecule has 4 rings (SSSR count). The quantitative estimate of drug-likeness (QED) is 0.620. The van der Waals surface area contributed by atoms with Crippen molar-refractivity contribution < 1.29 is 14.1 Å². The summed E-state index contributed by atoms with van der Waals surface area (Å²) in [7, 11) is 3.56. The molecule has 0 saturated carbocycles. The molecule has 29 heavy (non-hydrogen) atoms. The first kappa shape index (κ1) is 19.3. The van der Waals surface area contributed by atoms with E-state index in [0.717, 1.165) is 12.0 Å². The summed E-state index contributed by atoms with van der Waals surface area (Å²) in [5.41, 5.74) is 3.28. The molecule has 1 aliphatic heterocycles. The monoisotopic (exact) mass is 399 g/mol. The molecule has 0 N–H and O–H groups in total. The molecule has 0 aliphatic carbocycles. The lowest BCUT2D eigenvalue weighted by molar-refractivity contribution is 0.0790. The Morgan fingerprint density at radius 3 is 2.93 bits per heavy atom. The first-order chi connectivity index (χ1) is 13.9. The molecule has 0 atom stereocenters. The molecule has 1 amide bonds. The largest absolute Gasteiger partial charge is 0.376 e. The molecule has 0 radical (unpaired) electrons. The van der Waals surface area contributed by atoms with Crippen LogP contribution in [-0.4, -0.2) is 60.5 Å². The van der Waals surface area contributed by atoms with Gasteiger partial charge in [-0.05, 0) is 13.8 Å². The van der Waals surface area contributed by atoms with Crippen LogP contribution in [0.15, 0.2) is 17.0 Å². The number of imidazole rings is 1. The van der Waals surface area contributed by atoms with E-state index in [1.165, 1.54) is 5.69 Å². The molecule has 0 fully saturated rings. The van der Waals surface area contributed by atoms with E-state index in [2.05, 4.69) is 29.0 Å². The number of amides is 1. The number of ether oxygens (including phenoxy) is 1. The molecule has 0 unspecified atom stereocenters. The number of aromatic nitrogens is 6. The lowest BCUT2D eigenvalue weighted by Crippen LogP contribution is -2.29. The Kier molecular flexibility index (Phi) is 5.18. The van der Waals surface area contributed by atoms with Crippen molar-refractivity contribution in [1.82, 2.24) is 34.4 Å². The molecule has 0 spiro atoms. The van der Waals surface area contributed by atoms with Gasteiger partial charge in [-0.15, -0.1) is 0 Å². The molecule has 10 heteroatoms. The summed E-state index contributed by atoms with van der Waals surface area (Å²) in [5.74, 6) is 0.779. The zero-order valence-electron chi connectivity index (χ0n) is 17.1. The molecular weight excluding hydrogens is 374 g/mol. The topological polar surface area (TPSA) is 104 Å². The fraction of sp³-hybridized carbons (Fsp3) is 0.526. The minimum absolute atomic E-state index is 0.142. The normalized spacial score (nSPS) is 13.7. The predicted octanol–water partition coefficient (Wildman–Crippen LogP) is 1.63. The molecule has 3 aromatic heterocycles. The van der Waals surface area contributed by atoms with Crippen LogP contribution in [0.25, 0.3) is 11.6 Å². The molecule has 0 saturated heterocycles. The highest BCUT2D eigenvalue weighted by Crippen LogP contribution is 2.29. The third-order valence-corrected chi connectivity index (χ3v) is 4.95. The van der Waals surface area contributed by atoms with E-state index >= 15 is 0 Å². The van der Waals surface area contributed by atoms with Crippen LogP contribution in [0.3, 0.4) is 0 Å². The highest BCUT2D eigenvalue weighted by molar-refractivity contribution is 5.91. The van der Waals surface area contributed by atoms with E-state index in [0.29, 0.717) is 49.3 Å². The number of hydrogen-bond acceptors (Lipinski definition) is 7. The van der Waals surface area contributed by atoms with Crippen LogP contribution in [0, 0.1) is 0 Å². The number of nitrogens with zero attached hydrogens (tertiary/aromatic N) is 7. The van der Waals surface area contributed by atoms with Crippen molar-refractivity contribution in [2.75, 3.05) is 20.2 Å². The van der Waals surface area contributed by atoms with Gasteiger partial charge in [0.05, 0.1) is 19.5 Å². The third-order valence-electron chi connectivity index (χ3n) is 4.95. The van der Waals surface area contributed by atoms with Crippen LogP contribution in [0.1, 0.15) is 47.5 Å². The maximum atomic E-state index is 12.4. The number of aryl methyl sites for hydroxylation is 1. The average Bonchev–Trinajstić information content (AvgIpc) is 3.43. The molecule has 0 aromatic carbocycles.